The number of aryl methyl sites for hydroxylation is 1. The van der Waals surface area contributed by atoms with Crippen LogP contribution in [-0.2, 0) is 9.53 Å². The molecule has 0 atom stereocenters. The van der Waals surface area contributed by atoms with E-state index in [9.17, 15) is 14.4 Å². The third-order valence-electron chi connectivity index (χ3n) is 5.06. The van der Waals surface area contributed by atoms with Crippen molar-refractivity contribution < 1.29 is 28.0 Å². The number of esters is 1. The Morgan fingerprint density at radius 1 is 1.10 bits per heavy atom. The zero-order valence-corrected chi connectivity index (χ0v) is 17.8. The fourth-order valence-electron chi connectivity index (χ4n) is 3.39. The minimum atomic E-state index is -0.681. The van der Waals surface area contributed by atoms with Crippen molar-refractivity contribution in [3.63, 3.8) is 0 Å². The van der Waals surface area contributed by atoms with Crippen molar-refractivity contribution in [3.05, 3.63) is 58.2 Å². The molecule has 0 N–H and O–H groups in total. The molecule has 0 saturated carbocycles. The number of halogens is 1. The van der Waals surface area contributed by atoms with Crippen molar-refractivity contribution in [1.82, 2.24) is 9.80 Å². The molecule has 30 heavy (non-hydrogen) atoms. The van der Waals surface area contributed by atoms with Gasteiger partial charge in [-0.2, -0.15) is 0 Å². The van der Waals surface area contributed by atoms with E-state index in [-0.39, 0.29) is 29.9 Å². The maximum atomic E-state index is 12.4. The number of carbonyl (C=O) groups excluding carboxylic acids is 3. The fraction of sp³-hybridized carbons (Fsp3) is 0.286. The number of hydrogen-bond donors (Lipinski definition) is 0. The molecule has 4 rings (SSSR count). The van der Waals surface area contributed by atoms with Crippen molar-refractivity contribution in [2.24, 2.45) is 0 Å². The first-order chi connectivity index (χ1) is 14.4. The van der Waals surface area contributed by atoms with Gasteiger partial charge in [-0.25, -0.2) is 4.79 Å². The highest BCUT2D eigenvalue weighted by Gasteiger charge is 2.27. The molecule has 0 unspecified atom stereocenters. The number of benzene rings is 1. The lowest BCUT2D eigenvalue weighted by Crippen LogP contribution is -2.51. The molecule has 8 nitrogen and oxygen atoms in total. The van der Waals surface area contributed by atoms with Gasteiger partial charge < -0.3 is 23.4 Å². The molecule has 1 aliphatic heterocycles. The van der Waals surface area contributed by atoms with Crippen molar-refractivity contribution >= 4 is 44.7 Å². The van der Waals surface area contributed by atoms with E-state index >= 15 is 0 Å². The molecule has 0 bridgehead atoms. The van der Waals surface area contributed by atoms with Crippen LogP contribution >= 0.6 is 15.9 Å². The first kappa shape index (κ1) is 20.2. The Kier molecular flexibility index (Phi) is 5.63. The summed E-state index contributed by atoms with van der Waals surface area (Å²) < 4.78 is 16.8. The van der Waals surface area contributed by atoms with Gasteiger partial charge in [0.1, 0.15) is 5.58 Å². The minimum Gasteiger partial charge on any atom is -0.459 e. The van der Waals surface area contributed by atoms with Crippen LogP contribution in [0.25, 0.3) is 11.0 Å². The highest BCUT2D eigenvalue weighted by atomic mass is 79.9. The maximum Gasteiger partial charge on any atom is 0.375 e. The van der Waals surface area contributed by atoms with Crippen LogP contribution in [-0.4, -0.2) is 60.4 Å². The molecule has 3 heterocycles. The number of rotatable bonds is 4. The smallest absolute Gasteiger partial charge is 0.375 e. The molecule has 2 aromatic heterocycles. The Balaban J connectivity index is 1.31. The van der Waals surface area contributed by atoms with Crippen LogP contribution in [0.3, 0.4) is 0 Å². The van der Waals surface area contributed by atoms with Crippen LogP contribution in [0.1, 0.15) is 26.7 Å². The summed E-state index contributed by atoms with van der Waals surface area (Å²) in [4.78, 5) is 40.3. The number of amides is 2. The van der Waals surface area contributed by atoms with Crippen LogP contribution in [0, 0.1) is 6.92 Å². The highest BCUT2D eigenvalue weighted by Crippen LogP contribution is 2.28. The molecule has 1 aliphatic rings. The van der Waals surface area contributed by atoms with Gasteiger partial charge in [-0.1, -0.05) is 15.9 Å². The number of furan rings is 2. The summed E-state index contributed by atoms with van der Waals surface area (Å²) in [6.45, 7) is 2.88. The summed E-state index contributed by atoms with van der Waals surface area (Å²) in [7, 11) is 0. The second-order valence-corrected chi connectivity index (χ2v) is 7.84. The van der Waals surface area contributed by atoms with Gasteiger partial charge in [-0.3, -0.25) is 9.59 Å². The Bertz CT molecular complexity index is 1100. The lowest BCUT2D eigenvalue weighted by molar-refractivity contribution is -0.136. The Labute approximate surface area is 180 Å². The number of fused-ring (bicyclic) bond motifs is 1. The van der Waals surface area contributed by atoms with Gasteiger partial charge in [0.05, 0.1) is 6.26 Å². The Morgan fingerprint density at radius 3 is 2.53 bits per heavy atom. The van der Waals surface area contributed by atoms with Crippen molar-refractivity contribution in [2.75, 3.05) is 32.8 Å². The first-order valence-electron chi connectivity index (χ1n) is 9.40. The minimum absolute atomic E-state index is 0.0877. The van der Waals surface area contributed by atoms with Crippen molar-refractivity contribution in [2.45, 2.75) is 6.92 Å². The summed E-state index contributed by atoms with van der Waals surface area (Å²) in [6.07, 6.45) is 1.45. The number of ether oxygens (including phenoxy) is 1. The van der Waals surface area contributed by atoms with Gasteiger partial charge in [0.25, 0.3) is 11.8 Å². The lowest BCUT2D eigenvalue weighted by atomic mass is 10.1. The topological polar surface area (TPSA) is 93.2 Å². The Hall–Kier alpha value is -3.07. The predicted molar refractivity (Wildman–Crippen MR) is 110 cm³/mol. The van der Waals surface area contributed by atoms with Crippen LogP contribution in [0.4, 0.5) is 0 Å². The number of piperazine rings is 1. The van der Waals surface area contributed by atoms with Gasteiger partial charge in [-0.05, 0) is 37.3 Å². The van der Waals surface area contributed by atoms with E-state index in [1.165, 1.54) is 6.26 Å². The van der Waals surface area contributed by atoms with Crippen molar-refractivity contribution in [3.8, 4) is 0 Å². The summed E-state index contributed by atoms with van der Waals surface area (Å²) in [6, 6.07) is 8.71. The third-order valence-corrected chi connectivity index (χ3v) is 5.56. The molecule has 1 saturated heterocycles. The van der Waals surface area contributed by atoms with E-state index in [4.69, 9.17) is 13.6 Å². The third kappa shape index (κ3) is 3.97. The van der Waals surface area contributed by atoms with E-state index in [2.05, 4.69) is 15.9 Å². The van der Waals surface area contributed by atoms with E-state index in [0.717, 1.165) is 9.86 Å². The molecule has 9 heteroatoms. The first-order valence-corrected chi connectivity index (χ1v) is 10.2. The average Bonchev–Trinajstić information content (AvgIpc) is 3.40. The zero-order chi connectivity index (χ0) is 21.3. The van der Waals surface area contributed by atoms with Gasteiger partial charge in [-0.15, -0.1) is 0 Å². The average molecular weight is 475 g/mol. The van der Waals surface area contributed by atoms with Crippen LogP contribution in [0.2, 0.25) is 0 Å². The van der Waals surface area contributed by atoms with Gasteiger partial charge in [0, 0.05) is 41.6 Å². The SMILES string of the molecule is Cc1c(C(=O)OCC(=O)N2CCN(C(=O)c3ccco3)CC2)oc2ccc(Br)cc12. The zero-order valence-electron chi connectivity index (χ0n) is 16.2. The molecule has 0 radical (unpaired) electrons. The monoisotopic (exact) mass is 474 g/mol. The van der Waals surface area contributed by atoms with E-state index < -0.39 is 5.97 Å². The van der Waals surface area contributed by atoms with Gasteiger partial charge in [0.2, 0.25) is 5.76 Å². The molecule has 1 aromatic carbocycles. The highest BCUT2D eigenvalue weighted by molar-refractivity contribution is 9.10. The molecule has 0 aliphatic carbocycles. The summed E-state index contributed by atoms with van der Waals surface area (Å²) in [5.74, 6) is -0.836. The summed E-state index contributed by atoms with van der Waals surface area (Å²) >= 11 is 3.39. The molecular weight excluding hydrogens is 456 g/mol. The number of hydrogen-bond acceptors (Lipinski definition) is 6. The van der Waals surface area contributed by atoms with E-state index in [0.29, 0.717) is 37.3 Å². The molecule has 1 fully saturated rings. The van der Waals surface area contributed by atoms with Gasteiger partial charge in [0.15, 0.2) is 12.4 Å². The summed E-state index contributed by atoms with van der Waals surface area (Å²) in [5, 5.41) is 0.806. The van der Waals surface area contributed by atoms with Crippen LogP contribution < -0.4 is 0 Å². The maximum absolute atomic E-state index is 12.4. The molecule has 0 spiro atoms. The van der Waals surface area contributed by atoms with Crippen LogP contribution in [0.5, 0.6) is 0 Å². The molecular formula is C21H19BrN2O6. The quantitative estimate of drug-likeness (QED) is 0.538. The predicted octanol–water partition coefficient (Wildman–Crippen LogP) is 3.24. The fourth-order valence-corrected chi connectivity index (χ4v) is 3.75. The normalized spacial score (nSPS) is 14.2. The Morgan fingerprint density at radius 2 is 1.83 bits per heavy atom. The van der Waals surface area contributed by atoms with E-state index in [1.807, 2.05) is 12.1 Å². The number of carbonyl (C=O) groups is 3. The number of nitrogens with zero attached hydrogens (tertiary/aromatic N) is 2. The van der Waals surface area contributed by atoms with E-state index in [1.54, 1.807) is 34.9 Å². The molecule has 3 aromatic rings. The lowest BCUT2D eigenvalue weighted by Gasteiger charge is -2.34. The van der Waals surface area contributed by atoms with Crippen molar-refractivity contribution in [1.29, 1.82) is 0 Å². The largest absolute Gasteiger partial charge is 0.459 e. The standard InChI is InChI=1S/C21H19BrN2O6/c1-13-15-11-14(22)4-5-16(15)30-19(13)21(27)29-12-18(25)23-6-8-24(9-7-23)20(26)17-3-2-10-28-17/h2-5,10-11H,6-9,12H2,1H3. The van der Waals surface area contributed by atoms with Crippen LogP contribution in [0.15, 0.2) is 49.9 Å². The summed E-state index contributed by atoms with van der Waals surface area (Å²) in [5.41, 5.74) is 1.24. The molecule has 156 valence electrons. The second-order valence-electron chi connectivity index (χ2n) is 6.92. The van der Waals surface area contributed by atoms with Gasteiger partial charge >= 0.3 is 5.97 Å². The second kappa shape index (κ2) is 8.35. The molecule has 2 amide bonds.